The van der Waals surface area contributed by atoms with Crippen LogP contribution in [0.4, 0.5) is 0 Å². The third-order valence-electron chi connectivity index (χ3n) is 0.189. The zero-order chi connectivity index (χ0) is 8.57. The fraction of sp³-hybridized carbons (Fsp3) is 0. The van der Waals surface area contributed by atoms with E-state index in [1.807, 2.05) is 0 Å². The van der Waals surface area contributed by atoms with Crippen molar-refractivity contribution in [2.24, 2.45) is 0 Å². The molecule has 8 nitrogen and oxygen atoms in total. The fourth-order valence-corrected chi connectivity index (χ4v) is 0. The molecule has 0 amide bonds. The van der Waals surface area contributed by atoms with Crippen molar-refractivity contribution in [1.82, 2.24) is 0 Å². The molecule has 11 heteroatoms. The molecular formula is H7B2NaO8. The Bertz CT molecular complexity index is 48.1. The first-order chi connectivity index (χ1) is 4.54. The van der Waals surface area contributed by atoms with Crippen molar-refractivity contribution < 1.29 is 40.2 Å². The number of hydrogen-bond donors (Lipinski definition) is 6. The Kier molecular flexibility index (Phi) is 21.7. The van der Waals surface area contributed by atoms with Gasteiger partial charge in [-0.15, -0.1) is 0 Å². The molecule has 6 N–H and O–H groups in total. The third kappa shape index (κ3) is 36.3. The molecule has 0 saturated carbocycles. The molecule has 0 saturated heterocycles. The van der Waals surface area contributed by atoms with E-state index in [2.05, 4.69) is 9.61 Å². The third-order valence-corrected chi connectivity index (χ3v) is 0.189. The van der Waals surface area contributed by atoms with Crippen LogP contribution >= 0.6 is 0 Å². The predicted octanol–water partition coefficient (Wildman–Crippen LogP) is -3.76. The van der Waals surface area contributed by atoms with Gasteiger partial charge in [0.1, 0.15) is 0 Å². The SMILES string of the molecule is OOB(O)O.OOB(O)O.[NaH]. The normalized spacial score (nSPS) is 7.09. The molecule has 0 heterocycles. The summed E-state index contributed by atoms with van der Waals surface area (Å²) in [6, 6.07) is 0. The maximum atomic E-state index is 7.44. The Labute approximate surface area is 84.5 Å². The van der Waals surface area contributed by atoms with Gasteiger partial charge in [-0.2, -0.15) is 0 Å². The van der Waals surface area contributed by atoms with Crippen LogP contribution in [-0.2, 0) is 9.61 Å². The average Bonchev–Trinajstić information content (AvgIpc) is 1.89. The number of rotatable bonds is 2. The van der Waals surface area contributed by atoms with Gasteiger partial charge in [0.05, 0.1) is 0 Å². The molecular weight excluding hydrogens is 173 g/mol. The van der Waals surface area contributed by atoms with E-state index in [-0.39, 0.29) is 29.6 Å². The molecule has 0 aromatic rings. The fourth-order valence-electron chi connectivity index (χ4n) is 0. The summed E-state index contributed by atoms with van der Waals surface area (Å²) in [6.45, 7) is 0. The van der Waals surface area contributed by atoms with Gasteiger partial charge in [0.25, 0.3) is 0 Å². The van der Waals surface area contributed by atoms with Crippen LogP contribution in [-0.4, -0.2) is 74.8 Å². The van der Waals surface area contributed by atoms with E-state index >= 15 is 0 Å². The van der Waals surface area contributed by atoms with Gasteiger partial charge in [-0.05, 0) is 0 Å². The van der Waals surface area contributed by atoms with E-state index in [1.54, 1.807) is 0 Å². The zero-order valence-corrected chi connectivity index (χ0v) is 4.65. The van der Waals surface area contributed by atoms with Crippen LogP contribution in [0.2, 0.25) is 0 Å². The van der Waals surface area contributed by atoms with E-state index in [0.717, 1.165) is 0 Å². The Morgan fingerprint density at radius 3 is 0.818 bits per heavy atom. The molecule has 0 bridgehead atoms. The molecule has 62 valence electrons. The van der Waals surface area contributed by atoms with E-state index < -0.39 is 14.6 Å². The van der Waals surface area contributed by atoms with Crippen LogP contribution in [0.15, 0.2) is 0 Å². The second-order valence-corrected chi connectivity index (χ2v) is 0.863. The summed E-state index contributed by atoms with van der Waals surface area (Å²) in [7, 11) is -4.12. The Morgan fingerprint density at radius 1 is 0.727 bits per heavy atom. The summed E-state index contributed by atoms with van der Waals surface area (Å²) in [4.78, 5) is 5.72. The number of hydrogen-bond acceptors (Lipinski definition) is 8. The molecule has 0 fully saturated rings. The maximum absolute atomic E-state index is 7.44. The molecule has 0 atom stereocenters. The molecule has 0 aromatic carbocycles. The minimum atomic E-state index is -2.06. The summed E-state index contributed by atoms with van der Waals surface area (Å²) < 4.78 is 0. The van der Waals surface area contributed by atoms with E-state index in [4.69, 9.17) is 30.6 Å². The van der Waals surface area contributed by atoms with Gasteiger partial charge in [-0.25, -0.2) is 9.61 Å². The van der Waals surface area contributed by atoms with Gasteiger partial charge < -0.3 is 20.1 Å². The first-order valence-electron chi connectivity index (χ1n) is 1.87. The Morgan fingerprint density at radius 2 is 0.818 bits per heavy atom. The van der Waals surface area contributed by atoms with Crippen LogP contribution in [0.3, 0.4) is 0 Å². The first-order valence-corrected chi connectivity index (χ1v) is 1.87. The van der Waals surface area contributed by atoms with Crippen molar-refractivity contribution in [2.75, 3.05) is 0 Å². The van der Waals surface area contributed by atoms with Crippen molar-refractivity contribution in [3.63, 3.8) is 0 Å². The predicted molar refractivity (Wildman–Crippen MR) is 35.0 cm³/mol. The standard InChI is InChI=1S/2BH3O4.Na.H/c2*2-1(3)5-4;;/h2*2-4H;;. The van der Waals surface area contributed by atoms with Crippen molar-refractivity contribution in [3.8, 4) is 0 Å². The van der Waals surface area contributed by atoms with Gasteiger partial charge >= 0.3 is 44.2 Å². The topological polar surface area (TPSA) is 140 Å². The van der Waals surface area contributed by atoms with Gasteiger partial charge in [-0.3, -0.25) is 10.5 Å². The van der Waals surface area contributed by atoms with Gasteiger partial charge in [0, 0.05) is 0 Å². The molecule has 0 aliphatic carbocycles. The summed E-state index contributed by atoms with van der Waals surface area (Å²) in [5.74, 6) is 0. The van der Waals surface area contributed by atoms with Crippen molar-refractivity contribution in [1.29, 1.82) is 0 Å². The summed E-state index contributed by atoms with van der Waals surface area (Å²) in [5, 5.41) is 44.1. The van der Waals surface area contributed by atoms with E-state index in [0.29, 0.717) is 0 Å². The second-order valence-electron chi connectivity index (χ2n) is 0.863. The van der Waals surface area contributed by atoms with Crippen molar-refractivity contribution in [2.45, 2.75) is 0 Å². The van der Waals surface area contributed by atoms with Crippen molar-refractivity contribution in [3.05, 3.63) is 0 Å². The van der Waals surface area contributed by atoms with Gasteiger partial charge in [-0.1, -0.05) is 0 Å². The van der Waals surface area contributed by atoms with Crippen LogP contribution < -0.4 is 0 Å². The zero-order valence-electron chi connectivity index (χ0n) is 4.65. The van der Waals surface area contributed by atoms with Gasteiger partial charge in [0.2, 0.25) is 0 Å². The van der Waals surface area contributed by atoms with Crippen molar-refractivity contribution >= 4 is 44.2 Å². The van der Waals surface area contributed by atoms with Crippen LogP contribution in [0.1, 0.15) is 0 Å². The minimum absolute atomic E-state index is 0. The molecule has 0 spiro atoms. The quantitative estimate of drug-likeness (QED) is 0.144. The average molecular weight is 180 g/mol. The molecule has 0 aliphatic rings. The molecule has 0 aromatic heterocycles. The molecule has 11 heavy (non-hydrogen) atoms. The van der Waals surface area contributed by atoms with Crippen LogP contribution in [0.25, 0.3) is 0 Å². The molecule has 0 unspecified atom stereocenters. The van der Waals surface area contributed by atoms with E-state index in [1.165, 1.54) is 0 Å². The molecule has 0 rings (SSSR count). The van der Waals surface area contributed by atoms with Crippen LogP contribution in [0, 0.1) is 0 Å². The Balaban J connectivity index is -0.000000107. The Hall–Kier alpha value is 0.810. The first kappa shape index (κ1) is 17.8. The van der Waals surface area contributed by atoms with E-state index in [9.17, 15) is 0 Å². The molecule has 0 radical (unpaired) electrons. The summed E-state index contributed by atoms with van der Waals surface area (Å²) >= 11 is 0. The summed E-state index contributed by atoms with van der Waals surface area (Å²) in [5.41, 5.74) is 0. The monoisotopic (exact) mass is 180 g/mol. The molecule has 0 aliphatic heterocycles. The summed E-state index contributed by atoms with van der Waals surface area (Å²) in [6.07, 6.45) is 0. The van der Waals surface area contributed by atoms with Crippen LogP contribution in [0.5, 0.6) is 0 Å². The van der Waals surface area contributed by atoms with Gasteiger partial charge in [0.15, 0.2) is 0 Å². The second kappa shape index (κ2) is 13.4.